The number of nitrogen functional groups attached to an aromatic ring is 1. The molecule has 0 aliphatic heterocycles. The van der Waals surface area contributed by atoms with Gasteiger partial charge in [-0.3, -0.25) is 0 Å². The standard InChI is InChI=1S/C14H20F2N2/c1-8-3-4-10(7-9(8)2)18-14-12(17)6-5-11(15)13(14)16/h5-6,8-10,18H,3-4,7,17H2,1-2H3. The topological polar surface area (TPSA) is 38.0 Å². The molecule has 0 heterocycles. The first kappa shape index (κ1) is 13.1. The zero-order valence-electron chi connectivity index (χ0n) is 10.8. The fraction of sp³-hybridized carbons (Fsp3) is 0.571. The lowest BCUT2D eigenvalue weighted by Gasteiger charge is -2.33. The predicted octanol–water partition coefficient (Wildman–Crippen LogP) is 3.78. The van der Waals surface area contributed by atoms with E-state index in [0.717, 1.165) is 25.3 Å². The van der Waals surface area contributed by atoms with Gasteiger partial charge in [0.15, 0.2) is 11.6 Å². The van der Waals surface area contributed by atoms with Crippen LogP contribution in [0.15, 0.2) is 12.1 Å². The Morgan fingerprint density at radius 3 is 2.56 bits per heavy atom. The highest BCUT2D eigenvalue weighted by Crippen LogP contribution is 2.33. The van der Waals surface area contributed by atoms with E-state index in [1.165, 1.54) is 6.07 Å². The molecule has 0 saturated heterocycles. The maximum atomic E-state index is 13.7. The van der Waals surface area contributed by atoms with Gasteiger partial charge >= 0.3 is 0 Å². The van der Waals surface area contributed by atoms with Crippen LogP contribution in [0.2, 0.25) is 0 Å². The zero-order valence-corrected chi connectivity index (χ0v) is 10.8. The average Bonchev–Trinajstić information content (AvgIpc) is 2.34. The molecule has 1 saturated carbocycles. The van der Waals surface area contributed by atoms with E-state index in [2.05, 4.69) is 19.2 Å². The third-order valence-corrected chi connectivity index (χ3v) is 4.07. The average molecular weight is 254 g/mol. The lowest BCUT2D eigenvalue weighted by atomic mass is 9.79. The van der Waals surface area contributed by atoms with Gasteiger partial charge in [-0.2, -0.15) is 0 Å². The second-order valence-electron chi connectivity index (χ2n) is 5.43. The maximum absolute atomic E-state index is 13.7. The summed E-state index contributed by atoms with van der Waals surface area (Å²) >= 11 is 0. The first-order valence-electron chi connectivity index (χ1n) is 6.49. The summed E-state index contributed by atoms with van der Waals surface area (Å²) < 4.78 is 26.9. The van der Waals surface area contributed by atoms with Crippen LogP contribution in [-0.2, 0) is 0 Å². The van der Waals surface area contributed by atoms with Crippen molar-refractivity contribution in [2.75, 3.05) is 11.1 Å². The van der Waals surface area contributed by atoms with E-state index in [0.29, 0.717) is 11.8 Å². The molecule has 1 aliphatic rings. The summed E-state index contributed by atoms with van der Waals surface area (Å²) in [7, 11) is 0. The zero-order chi connectivity index (χ0) is 13.3. The lowest BCUT2D eigenvalue weighted by Crippen LogP contribution is -2.31. The minimum atomic E-state index is -0.874. The second kappa shape index (κ2) is 5.12. The van der Waals surface area contributed by atoms with Gasteiger partial charge in [-0.15, -0.1) is 0 Å². The molecule has 2 rings (SSSR count). The van der Waals surface area contributed by atoms with E-state index in [-0.39, 0.29) is 17.4 Å². The Morgan fingerprint density at radius 2 is 1.89 bits per heavy atom. The lowest BCUT2D eigenvalue weighted by molar-refractivity contribution is 0.260. The van der Waals surface area contributed by atoms with Crippen LogP contribution in [0.3, 0.4) is 0 Å². The number of nitrogens with two attached hydrogens (primary N) is 1. The van der Waals surface area contributed by atoms with Crippen molar-refractivity contribution in [2.45, 2.75) is 39.2 Å². The number of hydrogen-bond acceptors (Lipinski definition) is 2. The Kier molecular flexibility index (Phi) is 3.73. The van der Waals surface area contributed by atoms with Crippen LogP contribution in [-0.4, -0.2) is 6.04 Å². The molecule has 1 aromatic rings. The number of hydrogen-bond donors (Lipinski definition) is 2. The molecule has 4 heteroatoms. The summed E-state index contributed by atoms with van der Waals surface area (Å²) in [6.07, 6.45) is 3.05. The number of anilines is 2. The first-order valence-corrected chi connectivity index (χ1v) is 6.49. The summed E-state index contributed by atoms with van der Waals surface area (Å²) in [5.74, 6) is -0.447. The molecular formula is C14H20F2N2. The SMILES string of the molecule is CC1CCC(Nc2c(N)ccc(F)c2F)CC1C. The van der Waals surface area contributed by atoms with E-state index in [1.54, 1.807) is 0 Å². The van der Waals surface area contributed by atoms with Gasteiger partial charge in [-0.25, -0.2) is 8.78 Å². The largest absolute Gasteiger partial charge is 0.397 e. The van der Waals surface area contributed by atoms with Crippen LogP contribution >= 0.6 is 0 Å². The van der Waals surface area contributed by atoms with Gasteiger partial charge in [-0.05, 0) is 43.2 Å². The van der Waals surface area contributed by atoms with Gasteiger partial charge in [0.05, 0.1) is 11.4 Å². The van der Waals surface area contributed by atoms with Crippen molar-refractivity contribution in [1.29, 1.82) is 0 Å². The number of halogens is 2. The molecule has 3 N–H and O–H groups in total. The van der Waals surface area contributed by atoms with E-state index in [1.807, 2.05) is 0 Å². The summed E-state index contributed by atoms with van der Waals surface area (Å²) in [5, 5.41) is 3.07. The third kappa shape index (κ3) is 2.57. The third-order valence-electron chi connectivity index (χ3n) is 4.07. The highest BCUT2D eigenvalue weighted by atomic mass is 19.2. The molecule has 3 unspecified atom stereocenters. The molecule has 0 radical (unpaired) electrons. The molecule has 18 heavy (non-hydrogen) atoms. The van der Waals surface area contributed by atoms with E-state index in [4.69, 9.17) is 5.73 Å². The highest BCUT2D eigenvalue weighted by molar-refractivity contribution is 5.67. The van der Waals surface area contributed by atoms with E-state index in [9.17, 15) is 8.78 Å². The Morgan fingerprint density at radius 1 is 1.17 bits per heavy atom. The van der Waals surface area contributed by atoms with Crippen LogP contribution in [0, 0.1) is 23.5 Å². The maximum Gasteiger partial charge on any atom is 0.183 e. The van der Waals surface area contributed by atoms with Crippen LogP contribution in [0.25, 0.3) is 0 Å². The van der Waals surface area contributed by atoms with Gasteiger partial charge in [-0.1, -0.05) is 13.8 Å². The number of nitrogens with one attached hydrogen (secondary N) is 1. The molecule has 1 aromatic carbocycles. The molecule has 2 nitrogen and oxygen atoms in total. The van der Waals surface area contributed by atoms with Gasteiger partial charge in [0.2, 0.25) is 0 Å². The molecule has 100 valence electrons. The van der Waals surface area contributed by atoms with Crippen LogP contribution in [0.5, 0.6) is 0 Å². The Bertz CT molecular complexity index is 434. The van der Waals surface area contributed by atoms with Crippen molar-refractivity contribution in [1.82, 2.24) is 0 Å². The van der Waals surface area contributed by atoms with Crippen LogP contribution in [0.1, 0.15) is 33.1 Å². The summed E-state index contributed by atoms with van der Waals surface area (Å²) in [6.45, 7) is 4.43. The summed E-state index contributed by atoms with van der Waals surface area (Å²) in [6, 6.07) is 2.63. The van der Waals surface area contributed by atoms with Gasteiger partial charge < -0.3 is 11.1 Å². The molecule has 0 spiro atoms. The fourth-order valence-corrected chi connectivity index (χ4v) is 2.60. The number of benzene rings is 1. The summed E-state index contributed by atoms with van der Waals surface area (Å²) in [4.78, 5) is 0. The molecule has 0 aromatic heterocycles. The molecular weight excluding hydrogens is 234 g/mol. The minimum Gasteiger partial charge on any atom is -0.397 e. The molecule has 3 atom stereocenters. The van der Waals surface area contributed by atoms with E-state index >= 15 is 0 Å². The second-order valence-corrected chi connectivity index (χ2v) is 5.43. The predicted molar refractivity (Wildman–Crippen MR) is 70.4 cm³/mol. The quantitative estimate of drug-likeness (QED) is 0.788. The fourth-order valence-electron chi connectivity index (χ4n) is 2.60. The van der Waals surface area contributed by atoms with Crippen molar-refractivity contribution in [3.63, 3.8) is 0 Å². The minimum absolute atomic E-state index is 0.113. The number of rotatable bonds is 2. The van der Waals surface area contributed by atoms with Crippen LogP contribution < -0.4 is 11.1 Å². The molecule has 1 fully saturated rings. The molecule has 0 amide bonds. The Hall–Kier alpha value is -1.32. The molecule has 0 bridgehead atoms. The van der Waals surface area contributed by atoms with Gasteiger partial charge in [0, 0.05) is 6.04 Å². The smallest absolute Gasteiger partial charge is 0.183 e. The first-order chi connectivity index (χ1) is 8.49. The molecule has 1 aliphatic carbocycles. The van der Waals surface area contributed by atoms with E-state index < -0.39 is 11.6 Å². The highest BCUT2D eigenvalue weighted by Gasteiger charge is 2.25. The van der Waals surface area contributed by atoms with Crippen molar-refractivity contribution >= 4 is 11.4 Å². The van der Waals surface area contributed by atoms with Crippen LogP contribution in [0.4, 0.5) is 20.2 Å². The van der Waals surface area contributed by atoms with Crippen molar-refractivity contribution in [2.24, 2.45) is 11.8 Å². The Balaban J connectivity index is 2.13. The summed E-state index contributed by atoms with van der Waals surface area (Å²) in [5.41, 5.74) is 6.08. The monoisotopic (exact) mass is 254 g/mol. The normalized spacial score (nSPS) is 28.1. The Labute approximate surface area is 107 Å². The van der Waals surface area contributed by atoms with Crippen molar-refractivity contribution in [3.8, 4) is 0 Å². The van der Waals surface area contributed by atoms with Crippen molar-refractivity contribution in [3.05, 3.63) is 23.8 Å². The van der Waals surface area contributed by atoms with Gasteiger partial charge in [0.25, 0.3) is 0 Å². The van der Waals surface area contributed by atoms with Crippen molar-refractivity contribution < 1.29 is 8.78 Å². The van der Waals surface area contributed by atoms with Gasteiger partial charge in [0.1, 0.15) is 0 Å².